The van der Waals surface area contributed by atoms with Crippen LogP contribution >= 0.6 is 11.8 Å². The smallest absolute Gasteiger partial charge is 0.289 e. The summed E-state index contributed by atoms with van der Waals surface area (Å²) in [5.41, 5.74) is 1.63. The Morgan fingerprint density at radius 3 is 2.63 bits per heavy atom. The van der Waals surface area contributed by atoms with E-state index >= 15 is 0 Å². The summed E-state index contributed by atoms with van der Waals surface area (Å²) in [4.78, 5) is 29.4. The quantitative estimate of drug-likeness (QED) is 0.726. The lowest BCUT2D eigenvalue weighted by molar-refractivity contribution is 0.265. The molecule has 1 fully saturated rings. The highest BCUT2D eigenvalue weighted by Gasteiger charge is 2.24. The van der Waals surface area contributed by atoms with Gasteiger partial charge in [-0.05, 0) is 59.6 Å². The number of pyridine rings is 1. The van der Waals surface area contributed by atoms with Crippen LogP contribution in [-0.4, -0.2) is 15.6 Å². The van der Waals surface area contributed by atoms with Crippen molar-refractivity contribution in [1.82, 2.24) is 9.88 Å². The van der Waals surface area contributed by atoms with Crippen molar-refractivity contribution in [2.24, 2.45) is 12.0 Å². The van der Waals surface area contributed by atoms with E-state index in [2.05, 4.69) is 10.3 Å². The predicted molar refractivity (Wildman–Crippen MR) is 107 cm³/mol. The molecule has 4 rings (SSSR count). The van der Waals surface area contributed by atoms with Gasteiger partial charge < -0.3 is 9.88 Å². The molecule has 27 heavy (non-hydrogen) atoms. The van der Waals surface area contributed by atoms with Gasteiger partial charge in [-0.2, -0.15) is 0 Å². The third-order valence-corrected chi connectivity index (χ3v) is 4.99. The molecule has 3 aromatic rings. The maximum Gasteiger partial charge on any atom is 0.289 e. The van der Waals surface area contributed by atoms with E-state index in [1.807, 2.05) is 24.3 Å². The number of benzene rings is 2. The van der Waals surface area contributed by atoms with E-state index in [0.717, 1.165) is 22.7 Å². The average Bonchev–Trinajstić information content (AvgIpc) is 3.00. The minimum Gasteiger partial charge on any atom is -0.311 e. The van der Waals surface area contributed by atoms with Gasteiger partial charge in [0.05, 0.1) is 16.1 Å². The molecule has 0 unspecified atom stereocenters. The molecule has 1 amide bonds. The number of aliphatic imine (C=N–C) groups is 1. The van der Waals surface area contributed by atoms with Gasteiger partial charge in [-0.15, -0.1) is 0 Å². The van der Waals surface area contributed by atoms with Crippen LogP contribution in [0.15, 0.2) is 69.3 Å². The number of amidine groups is 1. The first-order chi connectivity index (χ1) is 13.0. The van der Waals surface area contributed by atoms with Gasteiger partial charge in [0.2, 0.25) is 0 Å². The second-order valence-electron chi connectivity index (χ2n) is 5.98. The predicted octanol–water partition coefficient (Wildman–Crippen LogP) is 4.21. The van der Waals surface area contributed by atoms with E-state index in [9.17, 15) is 14.0 Å². The molecule has 1 N–H and O–H groups in total. The largest absolute Gasteiger partial charge is 0.311 e. The summed E-state index contributed by atoms with van der Waals surface area (Å²) >= 11 is 0.969. The number of hydrogen-bond acceptors (Lipinski definition) is 4. The van der Waals surface area contributed by atoms with E-state index in [1.165, 1.54) is 24.3 Å². The van der Waals surface area contributed by atoms with Gasteiger partial charge in [0, 0.05) is 12.6 Å². The Bertz CT molecular complexity index is 1180. The molecule has 0 bridgehead atoms. The first kappa shape index (κ1) is 17.2. The molecule has 1 saturated heterocycles. The first-order valence-corrected chi connectivity index (χ1v) is 8.97. The zero-order chi connectivity index (χ0) is 19.0. The Balaban J connectivity index is 1.81. The fraction of sp³-hybridized carbons (Fsp3) is 0.0500. The number of amides is 1. The molecule has 1 aliphatic heterocycles. The fourth-order valence-electron chi connectivity index (χ4n) is 2.85. The average molecular weight is 379 g/mol. The Hall–Kier alpha value is -3.19. The molecule has 0 aliphatic carbocycles. The van der Waals surface area contributed by atoms with E-state index in [4.69, 9.17) is 0 Å². The number of hydrogen-bond donors (Lipinski definition) is 1. The highest BCUT2D eigenvalue weighted by Crippen LogP contribution is 2.28. The lowest BCUT2D eigenvalue weighted by atomic mass is 10.1. The van der Waals surface area contributed by atoms with Gasteiger partial charge in [0.25, 0.3) is 10.8 Å². The fourth-order valence-corrected chi connectivity index (χ4v) is 3.58. The molecule has 134 valence electrons. The van der Waals surface area contributed by atoms with Crippen LogP contribution in [0, 0.1) is 5.82 Å². The topological polar surface area (TPSA) is 63.5 Å². The van der Waals surface area contributed by atoms with E-state index in [0.29, 0.717) is 22.0 Å². The third-order valence-electron chi connectivity index (χ3n) is 4.17. The Morgan fingerprint density at radius 1 is 1.11 bits per heavy atom. The molecule has 2 aromatic carbocycles. The highest BCUT2D eigenvalue weighted by atomic mass is 32.2. The van der Waals surface area contributed by atoms with Gasteiger partial charge in [0.1, 0.15) is 11.7 Å². The maximum absolute atomic E-state index is 13.1. The zero-order valence-corrected chi connectivity index (χ0v) is 15.1. The molecule has 5 nitrogen and oxygen atoms in total. The number of para-hydroxylation sites is 1. The monoisotopic (exact) mass is 379 g/mol. The molecule has 2 heterocycles. The van der Waals surface area contributed by atoms with Crippen LogP contribution in [0.5, 0.6) is 0 Å². The van der Waals surface area contributed by atoms with Gasteiger partial charge in [-0.1, -0.05) is 18.2 Å². The molecular weight excluding hydrogens is 365 g/mol. The van der Waals surface area contributed by atoms with Crippen molar-refractivity contribution in [3.05, 3.63) is 81.2 Å². The summed E-state index contributed by atoms with van der Waals surface area (Å²) in [6.45, 7) is 0. The van der Waals surface area contributed by atoms with Crippen molar-refractivity contribution in [2.45, 2.75) is 0 Å². The summed E-state index contributed by atoms with van der Waals surface area (Å²) in [5.74, 6) is -0.0222. The highest BCUT2D eigenvalue weighted by molar-refractivity contribution is 8.18. The van der Waals surface area contributed by atoms with Crippen LogP contribution in [-0.2, 0) is 7.05 Å². The number of halogens is 1. The molecule has 0 saturated carbocycles. The van der Waals surface area contributed by atoms with Crippen LogP contribution in [0.25, 0.3) is 17.0 Å². The molecule has 0 radical (unpaired) electrons. The van der Waals surface area contributed by atoms with Crippen molar-refractivity contribution in [2.75, 3.05) is 0 Å². The Morgan fingerprint density at radius 2 is 1.85 bits per heavy atom. The van der Waals surface area contributed by atoms with E-state index < -0.39 is 0 Å². The second-order valence-corrected chi connectivity index (χ2v) is 7.00. The summed E-state index contributed by atoms with van der Waals surface area (Å²) in [7, 11) is 1.71. The number of carbonyl (C=O) groups is 1. The number of thioether (sulfide) groups is 1. The van der Waals surface area contributed by atoms with Crippen LogP contribution in [0.3, 0.4) is 0 Å². The Kier molecular flexibility index (Phi) is 4.37. The van der Waals surface area contributed by atoms with Crippen molar-refractivity contribution in [3.63, 3.8) is 0 Å². The van der Waals surface area contributed by atoms with E-state index in [-0.39, 0.29) is 16.6 Å². The number of rotatable bonds is 2. The number of nitrogens with zero attached hydrogens (tertiary/aromatic N) is 2. The van der Waals surface area contributed by atoms with Crippen LogP contribution in [0.1, 0.15) is 5.56 Å². The van der Waals surface area contributed by atoms with Gasteiger partial charge >= 0.3 is 0 Å². The van der Waals surface area contributed by atoms with Crippen LogP contribution < -0.4 is 10.9 Å². The number of aryl methyl sites for hydroxylation is 1. The molecule has 0 atom stereocenters. The van der Waals surface area contributed by atoms with Crippen LogP contribution in [0.4, 0.5) is 14.9 Å². The molecule has 1 aromatic heterocycles. The summed E-state index contributed by atoms with van der Waals surface area (Å²) in [6.07, 6.45) is 1.65. The van der Waals surface area contributed by atoms with Crippen molar-refractivity contribution < 1.29 is 9.18 Å². The third kappa shape index (κ3) is 3.41. The minimum absolute atomic E-state index is 0.165. The summed E-state index contributed by atoms with van der Waals surface area (Å²) in [5, 5.41) is 3.31. The Labute approximate surface area is 158 Å². The molecule has 7 heteroatoms. The number of fused-ring (bicyclic) bond motifs is 1. The van der Waals surface area contributed by atoms with Gasteiger partial charge in [-0.3, -0.25) is 9.59 Å². The normalized spacial score (nSPS) is 17.0. The number of carbonyl (C=O) groups excluding carboxylic acids is 1. The van der Waals surface area contributed by atoms with Crippen molar-refractivity contribution >= 4 is 45.5 Å². The standard InChI is InChI=1S/C20H14FN3O2S/c1-24-16-5-3-2-4-12(16)10-13(19(24)25)11-17-18(23-20(26)27-17)22-15-8-6-14(21)7-9-15/h2-11H,1H3,(H,22,23,26). The number of nitrogens with one attached hydrogen (secondary N) is 1. The van der Waals surface area contributed by atoms with Gasteiger partial charge in [0.15, 0.2) is 0 Å². The van der Waals surface area contributed by atoms with E-state index in [1.54, 1.807) is 23.8 Å². The lowest BCUT2D eigenvalue weighted by Crippen LogP contribution is -2.20. The zero-order valence-electron chi connectivity index (χ0n) is 14.3. The second kappa shape index (κ2) is 6.85. The SMILES string of the molecule is Cn1c(=O)c(C=C2SC(=O)NC2=Nc2ccc(F)cc2)cc2ccccc21. The lowest BCUT2D eigenvalue weighted by Gasteiger charge is -2.07. The van der Waals surface area contributed by atoms with Crippen molar-refractivity contribution in [1.29, 1.82) is 0 Å². The van der Waals surface area contributed by atoms with Crippen molar-refractivity contribution in [3.8, 4) is 0 Å². The molecular formula is C20H14FN3O2S. The first-order valence-electron chi connectivity index (χ1n) is 8.15. The van der Waals surface area contributed by atoms with Gasteiger partial charge in [-0.25, -0.2) is 9.38 Å². The molecule has 1 aliphatic rings. The minimum atomic E-state index is -0.362. The number of aromatic nitrogens is 1. The summed E-state index contributed by atoms with van der Waals surface area (Å²) in [6, 6.07) is 15.0. The summed E-state index contributed by atoms with van der Waals surface area (Å²) < 4.78 is 14.6. The maximum atomic E-state index is 13.1. The molecule has 0 spiro atoms. The van der Waals surface area contributed by atoms with Crippen LogP contribution in [0.2, 0.25) is 0 Å².